The highest BCUT2D eigenvalue weighted by Gasteiger charge is 2.36. The molecule has 3 rings (SSSR count). The molecule has 0 radical (unpaired) electrons. The van der Waals surface area contributed by atoms with Crippen LogP contribution in [0.4, 0.5) is 0 Å². The van der Waals surface area contributed by atoms with Crippen LogP contribution in [0.15, 0.2) is 30.3 Å². The van der Waals surface area contributed by atoms with Crippen molar-refractivity contribution in [1.82, 2.24) is 10.2 Å². The molecule has 21 heavy (non-hydrogen) atoms. The van der Waals surface area contributed by atoms with Crippen molar-refractivity contribution in [2.75, 3.05) is 19.6 Å². The molecule has 1 aromatic rings. The van der Waals surface area contributed by atoms with Crippen LogP contribution in [0.3, 0.4) is 0 Å². The number of aryl methyl sites for hydroxylation is 1. The van der Waals surface area contributed by atoms with Gasteiger partial charge in [-0.05, 0) is 56.7 Å². The zero-order valence-electron chi connectivity index (χ0n) is 12.8. The number of amides is 1. The number of nitrogens with one attached hydrogen (secondary N) is 1. The van der Waals surface area contributed by atoms with Crippen LogP contribution in [0.2, 0.25) is 0 Å². The summed E-state index contributed by atoms with van der Waals surface area (Å²) in [5.41, 5.74) is 1.40. The molecule has 3 nitrogen and oxygen atoms in total. The van der Waals surface area contributed by atoms with Crippen molar-refractivity contribution in [1.29, 1.82) is 0 Å². The van der Waals surface area contributed by atoms with Gasteiger partial charge in [-0.3, -0.25) is 4.79 Å². The topological polar surface area (TPSA) is 32.3 Å². The molecule has 0 aliphatic carbocycles. The minimum atomic E-state index is 0.387. The molecule has 2 saturated heterocycles. The minimum absolute atomic E-state index is 0.387. The van der Waals surface area contributed by atoms with Gasteiger partial charge in [0, 0.05) is 19.0 Å². The molecule has 0 spiro atoms. The predicted octanol–water partition coefficient (Wildman–Crippen LogP) is 2.61. The Balaban J connectivity index is 1.47. The van der Waals surface area contributed by atoms with Crippen molar-refractivity contribution in [3.05, 3.63) is 35.9 Å². The summed E-state index contributed by atoms with van der Waals surface area (Å²) < 4.78 is 0. The lowest BCUT2D eigenvalue weighted by Gasteiger charge is -2.44. The molecule has 0 aromatic heterocycles. The van der Waals surface area contributed by atoms with E-state index in [4.69, 9.17) is 0 Å². The molecule has 3 heteroatoms. The number of benzene rings is 1. The van der Waals surface area contributed by atoms with Crippen LogP contribution < -0.4 is 5.32 Å². The first kappa shape index (κ1) is 14.6. The number of unbranched alkanes of at least 4 members (excludes halogenated alkanes) is 1. The number of carbonyl (C=O) groups excluding carboxylic acids is 1. The van der Waals surface area contributed by atoms with E-state index in [0.29, 0.717) is 17.9 Å². The number of hydrogen-bond acceptors (Lipinski definition) is 2. The van der Waals surface area contributed by atoms with Gasteiger partial charge in [0.05, 0.1) is 0 Å². The summed E-state index contributed by atoms with van der Waals surface area (Å²) in [4.78, 5) is 14.4. The standard InChI is InChI=1S/C18H26N2O/c21-18-10-9-16-14-19-12-11-17(16)20(18)13-5-4-8-15-6-2-1-3-7-15/h1-3,6-7,16-17,19H,4-5,8-14H2. The monoisotopic (exact) mass is 286 g/mol. The number of likely N-dealkylation sites (tertiary alicyclic amines) is 1. The highest BCUT2D eigenvalue weighted by Crippen LogP contribution is 2.28. The van der Waals surface area contributed by atoms with Gasteiger partial charge < -0.3 is 10.2 Å². The zero-order valence-corrected chi connectivity index (χ0v) is 12.8. The molecule has 2 fully saturated rings. The van der Waals surface area contributed by atoms with Gasteiger partial charge in [0.1, 0.15) is 0 Å². The van der Waals surface area contributed by atoms with Crippen LogP contribution in [0.25, 0.3) is 0 Å². The molecule has 2 heterocycles. The summed E-state index contributed by atoms with van der Waals surface area (Å²) >= 11 is 0. The van der Waals surface area contributed by atoms with Crippen LogP contribution in [0.5, 0.6) is 0 Å². The number of nitrogens with zero attached hydrogens (tertiary/aromatic N) is 1. The third kappa shape index (κ3) is 3.65. The van der Waals surface area contributed by atoms with E-state index in [2.05, 4.69) is 40.5 Å². The van der Waals surface area contributed by atoms with Crippen LogP contribution in [-0.2, 0) is 11.2 Å². The summed E-state index contributed by atoms with van der Waals surface area (Å²) in [5, 5.41) is 3.47. The first-order valence-corrected chi connectivity index (χ1v) is 8.39. The Labute approximate surface area is 127 Å². The molecule has 0 bridgehead atoms. The maximum Gasteiger partial charge on any atom is 0.222 e. The summed E-state index contributed by atoms with van der Waals surface area (Å²) in [6.07, 6.45) is 6.38. The number of fused-ring (bicyclic) bond motifs is 1. The van der Waals surface area contributed by atoms with Crippen molar-refractivity contribution in [3.63, 3.8) is 0 Å². The summed E-state index contributed by atoms with van der Waals surface area (Å²) in [7, 11) is 0. The van der Waals surface area contributed by atoms with Crippen LogP contribution >= 0.6 is 0 Å². The van der Waals surface area contributed by atoms with Crippen molar-refractivity contribution >= 4 is 5.91 Å². The maximum absolute atomic E-state index is 12.2. The van der Waals surface area contributed by atoms with E-state index in [0.717, 1.165) is 51.7 Å². The Hall–Kier alpha value is -1.35. The lowest BCUT2D eigenvalue weighted by atomic mass is 9.84. The normalized spacial score (nSPS) is 25.7. The van der Waals surface area contributed by atoms with E-state index in [1.807, 2.05) is 0 Å². The van der Waals surface area contributed by atoms with E-state index in [1.165, 1.54) is 12.0 Å². The number of piperidine rings is 2. The van der Waals surface area contributed by atoms with Crippen molar-refractivity contribution in [3.8, 4) is 0 Å². The first-order valence-electron chi connectivity index (χ1n) is 8.39. The molecule has 2 atom stereocenters. The molecule has 2 aliphatic rings. The van der Waals surface area contributed by atoms with Gasteiger partial charge in [-0.2, -0.15) is 0 Å². The Morgan fingerprint density at radius 3 is 2.86 bits per heavy atom. The average molecular weight is 286 g/mol. The third-order valence-corrected chi connectivity index (χ3v) is 4.97. The van der Waals surface area contributed by atoms with Gasteiger partial charge in [0.2, 0.25) is 5.91 Å². The molecular formula is C18H26N2O. The fraction of sp³-hybridized carbons (Fsp3) is 0.611. The van der Waals surface area contributed by atoms with Gasteiger partial charge in [-0.15, -0.1) is 0 Å². The molecule has 114 valence electrons. The average Bonchev–Trinajstić information content (AvgIpc) is 2.54. The summed E-state index contributed by atoms with van der Waals surface area (Å²) in [6, 6.07) is 11.1. The van der Waals surface area contributed by atoms with Crippen molar-refractivity contribution in [2.24, 2.45) is 5.92 Å². The van der Waals surface area contributed by atoms with Crippen LogP contribution in [-0.4, -0.2) is 36.5 Å². The van der Waals surface area contributed by atoms with Crippen molar-refractivity contribution < 1.29 is 4.79 Å². The first-order chi connectivity index (χ1) is 10.3. The summed E-state index contributed by atoms with van der Waals surface area (Å²) in [5.74, 6) is 1.07. The van der Waals surface area contributed by atoms with Crippen molar-refractivity contribution in [2.45, 2.75) is 44.6 Å². The second kappa shape index (κ2) is 7.08. The predicted molar refractivity (Wildman–Crippen MR) is 85.1 cm³/mol. The second-order valence-electron chi connectivity index (χ2n) is 6.39. The molecular weight excluding hydrogens is 260 g/mol. The SMILES string of the molecule is O=C1CCC2CNCCC2N1CCCCc1ccccc1. The summed E-state index contributed by atoms with van der Waals surface area (Å²) in [6.45, 7) is 3.11. The van der Waals surface area contributed by atoms with Gasteiger partial charge in [-0.25, -0.2) is 0 Å². The lowest BCUT2D eigenvalue weighted by Crippen LogP contribution is -2.55. The van der Waals surface area contributed by atoms with Gasteiger partial charge in [0.15, 0.2) is 0 Å². The molecule has 2 aliphatic heterocycles. The van der Waals surface area contributed by atoms with Gasteiger partial charge in [-0.1, -0.05) is 30.3 Å². The van der Waals surface area contributed by atoms with E-state index in [1.54, 1.807) is 0 Å². The highest BCUT2D eigenvalue weighted by atomic mass is 16.2. The number of carbonyl (C=O) groups is 1. The van der Waals surface area contributed by atoms with Crippen LogP contribution in [0, 0.1) is 5.92 Å². The second-order valence-corrected chi connectivity index (χ2v) is 6.39. The molecule has 1 N–H and O–H groups in total. The Morgan fingerprint density at radius 1 is 1.14 bits per heavy atom. The Bertz CT molecular complexity index is 460. The smallest absolute Gasteiger partial charge is 0.222 e. The molecule has 1 amide bonds. The maximum atomic E-state index is 12.2. The number of hydrogen-bond donors (Lipinski definition) is 1. The van der Waals surface area contributed by atoms with E-state index < -0.39 is 0 Å². The number of rotatable bonds is 5. The lowest BCUT2D eigenvalue weighted by molar-refractivity contribution is -0.139. The Morgan fingerprint density at radius 2 is 2.00 bits per heavy atom. The van der Waals surface area contributed by atoms with Gasteiger partial charge >= 0.3 is 0 Å². The molecule has 0 saturated carbocycles. The van der Waals surface area contributed by atoms with E-state index in [-0.39, 0.29) is 0 Å². The van der Waals surface area contributed by atoms with Crippen LogP contribution in [0.1, 0.15) is 37.7 Å². The zero-order chi connectivity index (χ0) is 14.5. The van der Waals surface area contributed by atoms with E-state index >= 15 is 0 Å². The highest BCUT2D eigenvalue weighted by molar-refractivity contribution is 5.77. The Kier molecular flexibility index (Phi) is 4.91. The fourth-order valence-electron chi connectivity index (χ4n) is 3.80. The largest absolute Gasteiger partial charge is 0.339 e. The third-order valence-electron chi connectivity index (χ3n) is 4.97. The van der Waals surface area contributed by atoms with Gasteiger partial charge in [0.25, 0.3) is 0 Å². The quantitative estimate of drug-likeness (QED) is 0.844. The molecule has 2 unspecified atom stereocenters. The molecule has 1 aromatic carbocycles. The minimum Gasteiger partial charge on any atom is -0.339 e. The van der Waals surface area contributed by atoms with E-state index in [9.17, 15) is 4.79 Å². The fourth-order valence-corrected chi connectivity index (χ4v) is 3.80.